The molecule has 1 aromatic rings. The SMILES string of the molecule is Cc1cnc(NN)nc1N(C)C1CCCN(C)C1. The molecule has 2 heterocycles. The third-order valence-electron chi connectivity index (χ3n) is 3.56. The molecule has 0 saturated carbocycles. The quantitative estimate of drug-likeness (QED) is 0.605. The van der Waals surface area contributed by atoms with Gasteiger partial charge in [-0.1, -0.05) is 0 Å². The largest absolute Gasteiger partial charge is 0.355 e. The van der Waals surface area contributed by atoms with E-state index in [2.05, 4.69) is 39.3 Å². The predicted molar refractivity (Wildman–Crippen MR) is 73.5 cm³/mol. The molecular formula is C12H22N6. The number of nitrogens with zero attached hydrogens (tertiary/aromatic N) is 4. The number of nitrogens with one attached hydrogen (secondary N) is 1. The van der Waals surface area contributed by atoms with Crippen LogP contribution in [0.5, 0.6) is 0 Å². The van der Waals surface area contributed by atoms with E-state index < -0.39 is 0 Å². The summed E-state index contributed by atoms with van der Waals surface area (Å²) >= 11 is 0. The number of nitrogen functional groups attached to an aromatic ring is 1. The summed E-state index contributed by atoms with van der Waals surface area (Å²) in [4.78, 5) is 13.2. The first-order valence-corrected chi connectivity index (χ1v) is 6.33. The van der Waals surface area contributed by atoms with E-state index in [-0.39, 0.29) is 0 Å². The molecule has 6 nitrogen and oxygen atoms in total. The molecule has 1 aliphatic heterocycles. The van der Waals surface area contributed by atoms with E-state index in [1.54, 1.807) is 6.20 Å². The van der Waals surface area contributed by atoms with Crippen LogP contribution in [0.1, 0.15) is 18.4 Å². The number of aromatic nitrogens is 2. The molecule has 3 N–H and O–H groups in total. The minimum absolute atomic E-state index is 0.464. The van der Waals surface area contributed by atoms with Gasteiger partial charge in [0.25, 0.3) is 0 Å². The Bertz CT molecular complexity index is 408. The molecule has 2 rings (SSSR count). The summed E-state index contributed by atoms with van der Waals surface area (Å²) in [6, 6.07) is 0.503. The lowest BCUT2D eigenvalue weighted by Crippen LogP contribution is -2.45. The number of aryl methyl sites for hydroxylation is 1. The van der Waals surface area contributed by atoms with Crippen LogP contribution in [0.15, 0.2) is 6.20 Å². The minimum atomic E-state index is 0.464. The second-order valence-electron chi connectivity index (χ2n) is 5.01. The van der Waals surface area contributed by atoms with E-state index >= 15 is 0 Å². The smallest absolute Gasteiger partial charge is 0.239 e. The van der Waals surface area contributed by atoms with E-state index in [0.29, 0.717) is 12.0 Å². The van der Waals surface area contributed by atoms with Gasteiger partial charge in [0, 0.05) is 31.4 Å². The Balaban J connectivity index is 2.19. The van der Waals surface area contributed by atoms with Gasteiger partial charge in [-0.3, -0.25) is 5.43 Å². The zero-order chi connectivity index (χ0) is 13.1. The fourth-order valence-corrected chi connectivity index (χ4v) is 2.49. The zero-order valence-corrected chi connectivity index (χ0v) is 11.3. The summed E-state index contributed by atoms with van der Waals surface area (Å²) < 4.78 is 0. The van der Waals surface area contributed by atoms with Gasteiger partial charge >= 0.3 is 0 Å². The highest BCUT2D eigenvalue weighted by molar-refractivity contribution is 5.49. The molecule has 0 spiro atoms. The van der Waals surface area contributed by atoms with Crippen molar-refractivity contribution in [1.82, 2.24) is 14.9 Å². The molecule has 0 amide bonds. The molecule has 0 bridgehead atoms. The molecule has 0 aromatic carbocycles. The van der Waals surface area contributed by atoms with Gasteiger partial charge in [0.2, 0.25) is 5.95 Å². The predicted octanol–water partition coefficient (Wildman–Crippen LogP) is 0.601. The van der Waals surface area contributed by atoms with Crippen LogP contribution in [0.2, 0.25) is 0 Å². The third kappa shape index (κ3) is 2.70. The van der Waals surface area contributed by atoms with Crippen molar-refractivity contribution in [1.29, 1.82) is 0 Å². The molecule has 6 heteroatoms. The highest BCUT2D eigenvalue weighted by atomic mass is 15.3. The lowest BCUT2D eigenvalue weighted by atomic mass is 10.0. The van der Waals surface area contributed by atoms with Crippen LogP contribution in [0.3, 0.4) is 0 Å². The summed E-state index contributed by atoms with van der Waals surface area (Å²) in [5.74, 6) is 6.79. The first kappa shape index (κ1) is 13.0. The van der Waals surface area contributed by atoms with Crippen molar-refractivity contribution in [2.45, 2.75) is 25.8 Å². The second-order valence-corrected chi connectivity index (χ2v) is 5.01. The Morgan fingerprint density at radius 2 is 2.33 bits per heavy atom. The van der Waals surface area contributed by atoms with Crippen molar-refractivity contribution >= 4 is 11.8 Å². The zero-order valence-electron chi connectivity index (χ0n) is 11.3. The minimum Gasteiger partial charge on any atom is -0.355 e. The molecule has 1 aromatic heterocycles. The maximum Gasteiger partial charge on any atom is 0.239 e. The van der Waals surface area contributed by atoms with Gasteiger partial charge in [-0.25, -0.2) is 10.8 Å². The Morgan fingerprint density at radius 1 is 1.56 bits per heavy atom. The van der Waals surface area contributed by atoms with Gasteiger partial charge in [0.05, 0.1) is 0 Å². The van der Waals surface area contributed by atoms with Crippen LogP contribution in [0, 0.1) is 6.92 Å². The molecular weight excluding hydrogens is 228 g/mol. The molecule has 1 fully saturated rings. The first-order chi connectivity index (χ1) is 8.61. The maximum absolute atomic E-state index is 5.37. The van der Waals surface area contributed by atoms with Gasteiger partial charge in [0.1, 0.15) is 5.82 Å². The number of hydrazine groups is 1. The van der Waals surface area contributed by atoms with Crippen molar-refractivity contribution in [3.8, 4) is 0 Å². The van der Waals surface area contributed by atoms with Crippen molar-refractivity contribution in [2.75, 3.05) is 37.5 Å². The maximum atomic E-state index is 5.37. The number of hydrogen-bond acceptors (Lipinski definition) is 6. The summed E-state index contributed by atoms with van der Waals surface area (Å²) in [6.45, 7) is 4.28. The van der Waals surface area contributed by atoms with Crippen LogP contribution < -0.4 is 16.2 Å². The number of anilines is 2. The fourth-order valence-electron chi connectivity index (χ4n) is 2.49. The summed E-state index contributed by atoms with van der Waals surface area (Å²) in [7, 11) is 4.26. The normalized spacial score (nSPS) is 20.8. The van der Waals surface area contributed by atoms with Gasteiger partial charge in [0.15, 0.2) is 0 Å². The van der Waals surface area contributed by atoms with Crippen molar-refractivity contribution in [2.24, 2.45) is 5.84 Å². The van der Waals surface area contributed by atoms with Crippen LogP contribution in [-0.4, -0.2) is 48.1 Å². The number of rotatable bonds is 3. The highest BCUT2D eigenvalue weighted by Gasteiger charge is 2.23. The van der Waals surface area contributed by atoms with Gasteiger partial charge in [-0.2, -0.15) is 4.98 Å². The van der Waals surface area contributed by atoms with Crippen LogP contribution in [0.4, 0.5) is 11.8 Å². The van der Waals surface area contributed by atoms with Gasteiger partial charge in [-0.05, 0) is 33.4 Å². The van der Waals surface area contributed by atoms with E-state index in [9.17, 15) is 0 Å². The molecule has 0 radical (unpaired) electrons. The van der Waals surface area contributed by atoms with E-state index in [1.165, 1.54) is 19.4 Å². The van der Waals surface area contributed by atoms with Crippen molar-refractivity contribution in [3.05, 3.63) is 11.8 Å². The lowest BCUT2D eigenvalue weighted by Gasteiger charge is -2.37. The van der Waals surface area contributed by atoms with Crippen molar-refractivity contribution in [3.63, 3.8) is 0 Å². The molecule has 0 aliphatic carbocycles. The molecule has 1 unspecified atom stereocenters. The first-order valence-electron chi connectivity index (χ1n) is 6.33. The molecule has 1 aliphatic rings. The average molecular weight is 250 g/mol. The number of piperidine rings is 1. The Kier molecular flexibility index (Phi) is 3.98. The van der Waals surface area contributed by atoms with Gasteiger partial charge < -0.3 is 9.80 Å². The number of hydrogen-bond donors (Lipinski definition) is 2. The Morgan fingerprint density at radius 3 is 3.00 bits per heavy atom. The summed E-state index contributed by atoms with van der Waals surface area (Å²) in [5, 5.41) is 0. The monoisotopic (exact) mass is 250 g/mol. The molecule has 18 heavy (non-hydrogen) atoms. The summed E-state index contributed by atoms with van der Waals surface area (Å²) in [5.41, 5.74) is 3.58. The molecule has 1 atom stereocenters. The van der Waals surface area contributed by atoms with Crippen LogP contribution in [0.25, 0.3) is 0 Å². The topological polar surface area (TPSA) is 70.3 Å². The number of likely N-dealkylation sites (tertiary alicyclic amines) is 1. The third-order valence-corrected chi connectivity index (χ3v) is 3.56. The van der Waals surface area contributed by atoms with Gasteiger partial charge in [-0.15, -0.1) is 0 Å². The molecule has 1 saturated heterocycles. The fraction of sp³-hybridized carbons (Fsp3) is 0.667. The second kappa shape index (κ2) is 5.49. The lowest BCUT2D eigenvalue weighted by molar-refractivity contribution is 0.247. The Hall–Kier alpha value is -1.40. The van der Waals surface area contributed by atoms with E-state index in [1.807, 2.05) is 6.92 Å². The summed E-state index contributed by atoms with van der Waals surface area (Å²) in [6.07, 6.45) is 4.24. The van der Waals surface area contributed by atoms with Crippen molar-refractivity contribution < 1.29 is 0 Å². The highest BCUT2D eigenvalue weighted by Crippen LogP contribution is 2.22. The number of nitrogens with two attached hydrogens (primary N) is 1. The van der Waals surface area contributed by atoms with E-state index in [0.717, 1.165) is 17.9 Å². The standard InChI is InChI=1S/C12H22N6/c1-9-7-14-12(16-13)15-11(9)18(3)10-5-4-6-17(2)8-10/h7,10H,4-6,8,13H2,1-3H3,(H,14,15,16). The average Bonchev–Trinajstić information content (AvgIpc) is 2.38. The van der Waals surface area contributed by atoms with Crippen LogP contribution >= 0.6 is 0 Å². The van der Waals surface area contributed by atoms with E-state index in [4.69, 9.17) is 5.84 Å². The number of likely N-dealkylation sites (N-methyl/N-ethyl adjacent to an activating group) is 2. The molecule has 100 valence electrons. The van der Waals surface area contributed by atoms with Crippen LogP contribution in [-0.2, 0) is 0 Å². The Labute approximate surface area is 108 Å².